The highest BCUT2D eigenvalue weighted by molar-refractivity contribution is 5.14. The lowest BCUT2D eigenvalue weighted by Gasteiger charge is -2.16. The molecule has 2 atom stereocenters. The molecule has 1 aromatic rings. The molecule has 0 bridgehead atoms. The molecule has 0 aliphatic heterocycles. The second-order valence-corrected chi connectivity index (χ2v) is 3.38. The first-order valence-electron chi connectivity index (χ1n) is 4.82. The summed E-state index contributed by atoms with van der Waals surface area (Å²) in [5.41, 5.74) is 1.22. The molecule has 0 heterocycles. The summed E-state index contributed by atoms with van der Waals surface area (Å²) in [7, 11) is 0. The van der Waals surface area contributed by atoms with Gasteiger partial charge in [0.1, 0.15) is 0 Å². The molecular formula is C12H17NO. The van der Waals surface area contributed by atoms with Crippen LogP contribution < -0.4 is 5.32 Å². The highest BCUT2D eigenvalue weighted by Crippen LogP contribution is 2.00. The number of rotatable bonds is 5. The molecule has 0 saturated carbocycles. The minimum Gasteiger partial charge on any atom is -0.387 e. The van der Waals surface area contributed by atoms with Crippen molar-refractivity contribution in [3.63, 3.8) is 0 Å². The number of hydrogen-bond donors (Lipinski definition) is 2. The van der Waals surface area contributed by atoms with Gasteiger partial charge < -0.3 is 10.4 Å². The molecule has 0 aromatic heterocycles. The zero-order valence-corrected chi connectivity index (χ0v) is 8.48. The van der Waals surface area contributed by atoms with Crippen molar-refractivity contribution in [3.8, 4) is 0 Å². The van der Waals surface area contributed by atoms with E-state index in [0.717, 1.165) is 6.54 Å². The SMILES string of the molecule is C=C[C@@H](O)[C@H](C)NCc1ccccc1. The summed E-state index contributed by atoms with van der Waals surface area (Å²) >= 11 is 0. The topological polar surface area (TPSA) is 32.3 Å². The van der Waals surface area contributed by atoms with Gasteiger partial charge >= 0.3 is 0 Å². The van der Waals surface area contributed by atoms with E-state index < -0.39 is 6.10 Å². The van der Waals surface area contributed by atoms with Gasteiger partial charge in [-0.25, -0.2) is 0 Å². The van der Waals surface area contributed by atoms with Crippen LogP contribution in [0.2, 0.25) is 0 Å². The van der Waals surface area contributed by atoms with Crippen molar-refractivity contribution in [2.24, 2.45) is 0 Å². The summed E-state index contributed by atoms with van der Waals surface area (Å²) in [6.07, 6.45) is 1.06. The minimum absolute atomic E-state index is 0.0349. The minimum atomic E-state index is -0.487. The number of hydrogen-bond acceptors (Lipinski definition) is 2. The van der Waals surface area contributed by atoms with E-state index in [4.69, 9.17) is 0 Å². The average molecular weight is 191 g/mol. The monoisotopic (exact) mass is 191 g/mol. The van der Waals surface area contributed by atoms with Gasteiger partial charge in [0.2, 0.25) is 0 Å². The maximum Gasteiger partial charge on any atom is 0.0868 e. The van der Waals surface area contributed by atoms with Gasteiger partial charge in [-0.05, 0) is 12.5 Å². The third-order valence-electron chi connectivity index (χ3n) is 2.22. The molecule has 0 aliphatic carbocycles. The summed E-state index contributed by atoms with van der Waals surface area (Å²) in [4.78, 5) is 0. The predicted octanol–water partition coefficient (Wildman–Crippen LogP) is 1.71. The lowest BCUT2D eigenvalue weighted by molar-refractivity contribution is 0.179. The molecule has 1 aromatic carbocycles. The third-order valence-corrected chi connectivity index (χ3v) is 2.22. The van der Waals surface area contributed by atoms with E-state index in [-0.39, 0.29) is 6.04 Å². The molecule has 0 fully saturated rings. The fraction of sp³-hybridized carbons (Fsp3) is 0.333. The molecule has 2 N–H and O–H groups in total. The van der Waals surface area contributed by atoms with Gasteiger partial charge in [0.05, 0.1) is 6.10 Å². The number of benzene rings is 1. The Balaban J connectivity index is 2.37. The van der Waals surface area contributed by atoms with Crippen LogP contribution in [0.4, 0.5) is 0 Å². The molecule has 0 radical (unpaired) electrons. The molecule has 0 unspecified atom stereocenters. The number of nitrogens with one attached hydrogen (secondary N) is 1. The van der Waals surface area contributed by atoms with Gasteiger partial charge in [-0.1, -0.05) is 36.4 Å². The molecule has 2 heteroatoms. The van der Waals surface area contributed by atoms with Crippen LogP contribution in [-0.4, -0.2) is 17.3 Å². The molecular weight excluding hydrogens is 174 g/mol. The third kappa shape index (κ3) is 3.32. The Bertz CT molecular complexity index is 271. The van der Waals surface area contributed by atoms with Crippen molar-refractivity contribution < 1.29 is 5.11 Å². The zero-order valence-electron chi connectivity index (χ0n) is 8.48. The Morgan fingerprint density at radius 3 is 2.64 bits per heavy atom. The molecule has 14 heavy (non-hydrogen) atoms. The van der Waals surface area contributed by atoms with E-state index >= 15 is 0 Å². The van der Waals surface area contributed by atoms with Gasteiger partial charge in [-0.15, -0.1) is 6.58 Å². The second-order valence-electron chi connectivity index (χ2n) is 3.38. The molecule has 1 rings (SSSR count). The summed E-state index contributed by atoms with van der Waals surface area (Å²) in [6.45, 7) is 6.26. The van der Waals surface area contributed by atoms with Gasteiger partial charge in [0.15, 0.2) is 0 Å². The number of aliphatic hydroxyl groups is 1. The van der Waals surface area contributed by atoms with E-state index in [1.807, 2.05) is 25.1 Å². The zero-order chi connectivity index (χ0) is 10.4. The van der Waals surface area contributed by atoms with E-state index in [9.17, 15) is 5.11 Å². The highest BCUT2D eigenvalue weighted by Gasteiger charge is 2.08. The van der Waals surface area contributed by atoms with Crippen LogP contribution in [0.1, 0.15) is 12.5 Å². The Labute approximate surface area is 85.3 Å². The maximum absolute atomic E-state index is 9.42. The van der Waals surface area contributed by atoms with E-state index in [1.165, 1.54) is 5.56 Å². The van der Waals surface area contributed by atoms with Crippen LogP contribution in [0.25, 0.3) is 0 Å². The van der Waals surface area contributed by atoms with Gasteiger partial charge in [0, 0.05) is 12.6 Å². The van der Waals surface area contributed by atoms with Crippen molar-refractivity contribution in [3.05, 3.63) is 48.6 Å². The van der Waals surface area contributed by atoms with E-state index in [1.54, 1.807) is 6.08 Å². The van der Waals surface area contributed by atoms with Crippen molar-refractivity contribution in [2.75, 3.05) is 0 Å². The smallest absolute Gasteiger partial charge is 0.0868 e. The molecule has 0 saturated heterocycles. The summed E-state index contributed by atoms with van der Waals surface area (Å²) in [6, 6.07) is 10.1. The van der Waals surface area contributed by atoms with Crippen LogP contribution >= 0.6 is 0 Å². The average Bonchev–Trinajstić information content (AvgIpc) is 2.26. The van der Waals surface area contributed by atoms with Crippen LogP contribution in [0.5, 0.6) is 0 Å². The normalized spacial score (nSPS) is 14.7. The molecule has 2 nitrogen and oxygen atoms in total. The van der Waals surface area contributed by atoms with Crippen molar-refractivity contribution >= 4 is 0 Å². The Morgan fingerprint density at radius 2 is 2.07 bits per heavy atom. The molecule has 0 amide bonds. The quantitative estimate of drug-likeness (QED) is 0.694. The fourth-order valence-corrected chi connectivity index (χ4v) is 1.20. The summed E-state index contributed by atoms with van der Waals surface area (Å²) in [5, 5.41) is 12.7. The first kappa shape index (κ1) is 11.0. The van der Waals surface area contributed by atoms with Gasteiger partial charge in [-0.2, -0.15) is 0 Å². The lowest BCUT2D eigenvalue weighted by atomic mass is 10.1. The Kier molecular flexibility index (Phi) is 4.36. The largest absolute Gasteiger partial charge is 0.387 e. The molecule has 76 valence electrons. The lowest BCUT2D eigenvalue weighted by Crippen LogP contribution is -2.35. The van der Waals surface area contributed by atoms with Crippen LogP contribution in [-0.2, 0) is 6.54 Å². The van der Waals surface area contributed by atoms with E-state index in [0.29, 0.717) is 0 Å². The predicted molar refractivity (Wildman–Crippen MR) is 58.9 cm³/mol. The molecule has 0 aliphatic rings. The standard InChI is InChI=1S/C12H17NO/c1-3-12(14)10(2)13-9-11-7-5-4-6-8-11/h3-8,10,12-14H,1,9H2,2H3/t10-,12+/m0/s1. The van der Waals surface area contributed by atoms with Crippen LogP contribution in [0, 0.1) is 0 Å². The van der Waals surface area contributed by atoms with Crippen molar-refractivity contribution in [1.82, 2.24) is 5.32 Å². The van der Waals surface area contributed by atoms with E-state index in [2.05, 4.69) is 24.0 Å². The van der Waals surface area contributed by atoms with Gasteiger partial charge in [-0.3, -0.25) is 0 Å². The first-order valence-corrected chi connectivity index (χ1v) is 4.82. The Morgan fingerprint density at radius 1 is 1.43 bits per heavy atom. The maximum atomic E-state index is 9.42. The second kappa shape index (κ2) is 5.58. The fourth-order valence-electron chi connectivity index (χ4n) is 1.20. The van der Waals surface area contributed by atoms with Crippen LogP contribution in [0.3, 0.4) is 0 Å². The summed E-state index contributed by atoms with van der Waals surface area (Å²) in [5.74, 6) is 0. The van der Waals surface area contributed by atoms with Crippen LogP contribution in [0.15, 0.2) is 43.0 Å². The van der Waals surface area contributed by atoms with Crippen molar-refractivity contribution in [2.45, 2.75) is 25.6 Å². The first-order chi connectivity index (χ1) is 6.74. The molecule has 0 spiro atoms. The Hall–Kier alpha value is -1.12. The van der Waals surface area contributed by atoms with Crippen molar-refractivity contribution in [1.29, 1.82) is 0 Å². The number of aliphatic hydroxyl groups excluding tert-OH is 1. The highest BCUT2D eigenvalue weighted by atomic mass is 16.3. The van der Waals surface area contributed by atoms with Gasteiger partial charge in [0.25, 0.3) is 0 Å². The summed E-state index contributed by atoms with van der Waals surface area (Å²) < 4.78 is 0.